The van der Waals surface area contributed by atoms with Crippen LogP contribution in [0.1, 0.15) is 12.8 Å². The number of carbonyl (C=O) groups is 1. The number of nitrogens with zero attached hydrogens (tertiary/aromatic N) is 1. The van der Waals surface area contributed by atoms with Gasteiger partial charge in [-0.05, 0) is 30.9 Å². The predicted octanol–water partition coefficient (Wildman–Crippen LogP) is 0.960. The topological polar surface area (TPSA) is 112 Å². The van der Waals surface area contributed by atoms with Crippen molar-refractivity contribution in [3.8, 4) is 5.88 Å². The van der Waals surface area contributed by atoms with E-state index in [2.05, 4.69) is 15.0 Å². The Kier molecular flexibility index (Phi) is 4.27. The highest BCUT2D eigenvalue weighted by atomic mass is 16.5. The zero-order valence-corrected chi connectivity index (χ0v) is 10.6. The average Bonchev–Trinajstić information content (AvgIpc) is 3.18. The summed E-state index contributed by atoms with van der Waals surface area (Å²) in [5, 5.41) is 2.99. The van der Waals surface area contributed by atoms with Gasteiger partial charge in [0.15, 0.2) is 0 Å². The molecule has 19 heavy (non-hydrogen) atoms. The van der Waals surface area contributed by atoms with Crippen molar-refractivity contribution in [2.75, 3.05) is 30.8 Å². The first-order valence-electron chi connectivity index (χ1n) is 6.20. The molecule has 1 aliphatic rings. The van der Waals surface area contributed by atoms with Gasteiger partial charge in [0.05, 0.1) is 18.8 Å². The van der Waals surface area contributed by atoms with E-state index in [-0.39, 0.29) is 6.61 Å². The predicted molar refractivity (Wildman–Crippen MR) is 70.9 cm³/mol. The van der Waals surface area contributed by atoms with Gasteiger partial charge < -0.3 is 26.3 Å². The summed E-state index contributed by atoms with van der Waals surface area (Å²) in [5.74, 6) is 1.70. The molecule has 7 heteroatoms. The molecule has 0 spiro atoms. The number of primary amides is 1. The summed E-state index contributed by atoms with van der Waals surface area (Å²) in [6.45, 7) is 1.26. The van der Waals surface area contributed by atoms with Crippen LogP contribution in [0.3, 0.4) is 0 Å². The molecule has 0 radical (unpaired) electrons. The lowest BCUT2D eigenvalue weighted by atomic mass is 10.4. The Bertz CT molecular complexity index is 449. The molecule has 0 bridgehead atoms. The van der Waals surface area contributed by atoms with Crippen LogP contribution in [0.15, 0.2) is 12.1 Å². The highest BCUT2D eigenvalue weighted by Crippen LogP contribution is 2.30. The summed E-state index contributed by atoms with van der Waals surface area (Å²) in [7, 11) is 0. The lowest BCUT2D eigenvalue weighted by molar-refractivity contribution is 0.161. The Hall–Kier alpha value is -2.18. The van der Waals surface area contributed by atoms with E-state index in [0.717, 1.165) is 0 Å². The number of rotatable bonds is 7. The Morgan fingerprint density at radius 2 is 2.26 bits per heavy atom. The van der Waals surface area contributed by atoms with Crippen LogP contribution in [0.25, 0.3) is 0 Å². The molecule has 0 aromatic carbocycles. The third-order valence-corrected chi connectivity index (χ3v) is 2.69. The van der Waals surface area contributed by atoms with E-state index in [1.165, 1.54) is 12.8 Å². The van der Waals surface area contributed by atoms with Gasteiger partial charge in [0.1, 0.15) is 12.4 Å². The zero-order valence-electron chi connectivity index (χ0n) is 10.6. The van der Waals surface area contributed by atoms with Crippen LogP contribution in [-0.4, -0.2) is 30.8 Å². The normalized spacial score (nSPS) is 13.9. The number of amides is 1. The molecule has 1 fully saturated rings. The largest absolute Gasteiger partial charge is 0.476 e. The first-order valence-corrected chi connectivity index (χ1v) is 6.20. The fourth-order valence-corrected chi connectivity index (χ4v) is 1.48. The maximum atomic E-state index is 10.4. The van der Waals surface area contributed by atoms with Crippen molar-refractivity contribution in [3.05, 3.63) is 12.1 Å². The van der Waals surface area contributed by atoms with E-state index in [4.69, 9.17) is 16.2 Å². The first-order chi connectivity index (χ1) is 9.15. The van der Waals surface area contributed by atoms with E-state index >= 15 is 0 Å². The molecule has 7 nitrogen and oxygen atoms in total. The third kappa shape index (κ3) is 4.53. The number of pyridine rings is 1. The van der Waals surface area contributed by atoms with Crippen LogP contribution in [0.5, 0.6) is 5.88 Å². The van der Waals surface area contributed by atoms with Crippen LogP contribution in [-0.2, 0) is 4.74 Å². The van der Waals surface area contributed by atoms with Crippen molar-refractivity contribution >= 4 is 17.6 Å². The maximum absolute atomic E-state index is 10.4. The summed E-state index contributed by atoms with van der Waals surface area (Å²) in [5.41, 5.74) is 11.2. The van der Waals surface area contributed by atoms with Crippen LogP contribution >= 0.6 is 0 Å². The molecule has 0 aliphatic heterocycles. The molecule has 0 saturated heterocycles. The van der Waals surface area contributed by atoms with Gasteiger partial charge >= 0.3 is 6.09 Å². The smallest absolute Gasteiger partial charge is 0.404 e. The summed E-state index contributed by atoms with van der Waals surface area (Å²) >= 11 is 0. The maximum Gasteiger partial charge on any atom is 0.404 e. The SMILES string of the molecule is NC(=O)OCCNc1ccc(N)c(OCC2CC2)n1. The van der Waals surface area contributed by atoms with Crippen molar-refractivity contribution in [2.24, 2.45) is 11.7 Å². The van der Waals surface area contributed by atoms with Crippen LogP contribution in [0.4, 0.5) is 16.3 Å². The lowest BCUT2D eigenvalue weighted by Gasteiger charge is -2.10. The standard InChI is InChI=1S/C12H18N4O3/c13-9-3-4-10(15-5-6-18-12(14)17)16-11(9)19-7-8-1-2-8/h3-4,8H,1-2,5-7,13H2,(H2,14,17)(H,15,16). The van der Waals surface area contributed by atoms with Gasteiger partial charge in [-0.15, -0.1) is 0 Å². The molecule has 0 atom stereocenters. The number of aromatic nitrogens is 1. The number of hydrogen-bond donors (Lipinski definition) is 3. The van der Waals surface area contributed by atoms with Crippen molar-refractivity contribution < 1.29 is 14.3 Å². The van der Waals surface area contributed by atoms with E-state index in [9.17, 15) is 4.79 Å². The molecule has 1 aromatic rings. The first kappa shape index (κ1) is 13.3. The molecule has 2 rings (SSSR count). The van der Waals surface area contributed by atoms with E-state index in [0.29, 0.717) is 36.5 Å². The highest BCUT2D eigenvalue weighted by Gasteiger charge is 2.22. The van der Waals surface area contributed by atoms with Crippen molar-refractivity contribution in [3.63, 3.8) is 0 Å². The number of nitrogen functional groups attached to an aromatic ring is 1. The second-order valence-electron chi connectivity index (χ2n) is 4.44. The van der Waals surface area contributed by atoms with Crippen LogP contribution in [0.2, 0.25) is 0 Å². The minimum Gasteiger partial charge on any atom is -0.476 e. The van der Waals surface area contributed by atoms with Gasteiger partial charge in [0, 0.05) is 0 Å². The molecular weight excluding hydrogens is 248 g/mol. The quantitative estimate of drug-likeness (QED) is 0.633. The van der Waals surface area contributed by atoms with E-state index in [1.54, 1.807) is 12.1 Å². The number of nitrogens with one attached hydrogen (secondary N) is 1. The van der Waals surface area contributed by atoms with Crippen molar-refractivity contribution in [1.82, 2.24) is 4.98 Å². The van der Waals surface area contributed by atoms with Gasteiger partial charge in [-0.25, -0.2) is 4.79 Å². The number of carbonyl (C=O) groups excluding carboxylic acids is 1. The molecule has 5 N–H and O–H groups in total. The summed E-state index contributed by atoms with van der Waals surface area (Å²) < 4.78 is 10.2. The van der Waals surface area contributed by atoms with Crippen molar-refractivity contribution in [1.29, 1.82) is 0 Å². The Morgan fingerprint density at radius 3 is 2.95 bits per heavy atom. The number of ether oxygens (including phenoxy) is 2. The Morgan fingerprint density at radius 1 is 1.47 bits per heavy atom. The zero-order chi connectivity index (χ0) is 13.7. The van der Waals surface area contributed by atoms with Gasteiger partial charge in [-0.3, -0.25) is 0 Å². The highest BCUT2D eigenvalue weighted by molar-refractivity contribution is 5.64. The molecule has 1 saturated carbocycles. The summed E-state index contributed by atoms with van der Waals surface area (Å²) in [6, 6.07) is 3.47. The molecule has 1 heterocycles. The minimum absolute atomic E-state index is 0.180. The van der Waals surface area contributed by atoms with Crippen LogP contribution in [0, 0.1) is 5.92 Å². The second kappa shape index (κ2) is 6.12. The molecule has 0 unspecified atom stereocenters. The minimum atomic E-state index is -0.791. The Labute approximate surface area is 111 Å². The second-order valence-corrected chi connectivity index (χ2v) is 4.44. The van der Waals surface area contributed by atoms with E-state index < -0.39 is 6.09 Å². The fourth-order valence-electron chi connectivity index (χ4n) is 1.48. The summed E-state index contributed by atoms with van der Waals surface area (Å²) in [6.07, 6.45) is 1.63. The molecule has 1 aromatic heterocycles. The van der Waals surface area contributed by atoms with Crippen molar-refractivity contribution in [2.45, 2.75) is 12.8 Å². The molecular formula is C12H18N4O3. The lowest BCUT2D eigenvalue weighted by Crippen LogP contribution is -2.18. The molecule has 1 amide bonds. The number of hydrogen-bond acceptors (Lipinski definition) is 6. The van der Waals surface area contributed by atoms with Crippen LogP contribution < -0.4 is 21.5 Å². The average molecular weight is 266 g/mol. The third-order valence-electron chi connectivity index (χ3n) is 2.69. The monoisotopic (exact) mass is 266 g/mol. The van der Waals surface area contributed by atoms with Gasteiger partial charge in [-0.2, -0.15) is 4.98 Å². The summed E-state index contributed by atoms with van der Waals surface area (Å²) in [4.78, 5) is 14.6. The molecule has 1 aliphatic carbocycles. The fraction of sp³-hybridized carbons (Fsp3) is 0.500. The van der Waals surface area contributed by atoms with Gasteiger partial charge in [0.25, 0.3) is 0 Å². The number of anilines is 2. The van der Waals surface area contributed by atoms with Gasteiger partial charge in [-0.1, -0.05) is 0 Å². The molecule has 104 valence electrons. The van der Waals surface area contributed by atoms with E-state index in [1.807, 2.05) is 0 Å². The Balaban J connectivity index is 1.82. The number of nitrogens with two attached hydrogens (primary N) is 2. The van der Waals surface area contributed by atoms with Gasteiger partial charge in [0.2, 0.25) is 5.88 Å².